The number of ether oxygens (including phenoxy) is 1. The molecule has 0 aliphatic carbocycles. The zero-order valence-corrected chi connectivity index (χ0v) is 13.4. The van der Waals surface area contributed by atoms with Gasteiger partial charge in [-0.25, -0.2) is 0 Å². The molecule has 0 spiro atoms. The van der Waals surface area contributed by atoms with Crippen LogP contribution in [0.25, 0.3) is 0 Å². The molecule has 108 valence electrons. The summed E-state index contributed by atoms with van der Waals surface area (Å²) in [6, 6.07) is 5.53. The molecule has 0 saturated carbocycles. The second-order valence-corrected chi connectivity index (χ2v) is 5.17. The molecule has 1 rings (SSSR count). The Morgan fingerprint density at radius 2 is 2.05 bits per heavy atom. The summed E-state index contributed by atoms with van der Waals surface area (Å²) in [6.45, 7) is 3.08. The summed E-state index contributed by atoms with van der Waals surface area (Å²) in [6.07, 6.45) is 0. The van der Waals surface area contributed by atoms with Gasteiger partial charge in [0.1, 0.15) is 5.75 Å². The first-order chi connectivity index (χ1) is 9.38. The lowest BCUT2D eigenvalue weighted by Crippen LogP contribution is -2.49. The summed E-state index contributed by atoms with van der Waals surface area (Å²) >= 11 is 8.10. The molecular formula is C12H14BrN3O3S. The van der Waals surface area contributed by atoms with Gasteiger partial charge in [-0.2, -0.15) is 0 Å². The monoisotopic (exact) mass is 359 g/mol. The number of rotatable bonds is 3. The highest BCUT2D eigenvalue weighted by molar-refractivity contribution is 9.10. The van der Waals surface area contributed by atoms with Crippen molar-refractivity contribution in [3.05, 3.63) is 28.2 Å². The van der Waals surface area contributed by atoms with Gasteiger partial charge in [0.25, 0.3) is 5.91 Å². The summed E-state index contributed by atoms with van der Waals surface area (Å²) in [5, 5.41) is 2.32. The Labute approximate surface area is 130 Å². The molecule has 0 radical (unpaired) electrons. The molecule has 2 amide bonds. The van der Waals surface area contributed by atoms with E-state index in [1.165, 1.54) is 6.92 Å². The van der Waals surface area contributed by atoms with Crippen molar-refractivity contribution in [2.24, 2.45) is 0 Å². The largest absolute Gasteiger partial charge is 0.483 e. The van der Waals surface area contributed by atoms with Gasteiger partial charge < -0.3 is 10.1 Å². The van der Waals surface area contributed by atoms with Gasteiger partial charge in [-0.1, -0.05) is 6.07 Å². The van der Waals surface area contributed by atoms with Crippen LogP contribution < -0.4 is 20.9 Å². The van der Waals surface area contributed by atoms with E-state index in [1.807, 2.05) is 19.1 Å². The highest BCUT2D eigenvalue weighted by Crippen LogP contribution is 2.25. The van der Waals surface area contributed by atoms with Gasteiger partial charge in [-0.15, -0.1) is 0 Å². The van der Waals surface area contributed by atoms with Crippen molar-refractivity contribution < 1.29 is 14.3 Å². The van der Waals surface area contributed by atoms with Gasteiger partial charge in [0.2, 0.25) is 5.91 Å². The number of nitrogens with one attached hydrogen (secondary N) is 3. The van der Waals surface area contributed by atoms with E-state index >= 15 is 0 Å². The average molecular weight is 360 g/mol. The summed E-state index contributed by atoms with van der Waals surface area (Å²) in [5.41, 5.74) is 5.77. The maximum Gasteiger partial charge on any atom is 0.276 e. The van der Waals surface area contributed by atoms with Crippen LogP contribution in [-0.2, 0) is 9.59 Å². The first kappa shape index (κ1) is 16.4. The van der Waals surface area contributed by atoms with Gasteiger partial charge in [0.15, 0.2) is 11.7 Å². The lowest BCUT2D eigenvalue weighted by Gasteiger charge is -2.11. The van der Waals surface area contributed by atoms with Crippen LogP contribution in [0.3, 0.4) is 0 Å². The number of hydrogen-bond donors (Lipinski definition) is 3. The maximum absolute atomic E-state index is 11.5. The summed E-state index contributed by atoms with van der Waals surface area (Å²) in [7, 11) is 0. The molecule has 0 bridgehead atoms. The number of carbonyl (C=O) groups is 2. The van der Waals surface area contributed by atoms with Crippen molar-refractivity contribution in [1.29, 1.82) is 0 Å². The Morgan fingerprint density at radius 1 is 1.35 bits per heavy atom. The van der Waals surface area contributed by atoms with Gasteiger partial charge >= 0.3 is 0 Å². The van der Waals surface area contributed by atoms with Crippen molar-refractivity contribution in [3.63, 3.8) is 0 Å². The first-order valence-electron chi connectivity index (χ1n) is 5.64. The average Bonchev–Trinajstić information content (AvgIpc) is 2.34. The molecule has 20 heavy (non-hydrogen) atoms. The SMILES string of the molecule is CC(=O)NC(=S)NNC(=O)COc1ccc(C)cc1Br. The normalized spacial score (nSPS) is 9.55. The third-order valence-electron chi connectivity index (χ3n) is 2.05. The summed E-state index contributed by atoms with van der Waals surface area (Å²) in [4.78, 5) is 22.2. The van der Waals surface area contributed by atoms with E-state index in [-0.39, 0.29) is 17.6 Å². The Balaban J connectivity index is 2.36. The highest BCUT2D eigenvalue weighted by atomic mass is 79.9. The van der Waals surface area contributed by atoms with Crippen LogP contribution in [0.15, 0.2) is 22.7 Å². The van der Waals surface area contributed by atoms with Gasteiger partial charge in [0.05, 0.1) is 4.47 Å². The molecule has 0 aliphatic rings. The number of aryl methyl sites for hydroxylation is 1. The molecule has 0 unspecified atom stereocenters. The van der Waals surface area contributed by atoms with Crippen molar-refractivity contribution in [2.45, 2.75) is 13.8 Å². The number of amides is 2. The zero-order valence-electron chi connectivity index (χ0n) is 11.0. The summed E-state index contributed by atoms with van der Waals surface area (Å²) < 4.78 is 6.11. The lowest BCUT2D eigenvalue weighted by atomic mass is 10.2. The third-order valence-corrected chi connectivity index (χ3v) is 2.87. The fourth-order valence-electron chi connectivity index (χ4n) is 1.22. The molecule has 8 heteroatoms. The molecule has 0 saturated heterocycles. The minimum Gasteiger partial charge on any atom is -0.483 e. The Bertz CT molecular complexity index is 537. The van der Waals surface area contributed by atoms with Crippen LogP contribution >= 0.6 is 28.1 Å². The molecular weight excluding hydrogens is 346 g/mol. The molecule has 1 aromatic rings. The lowest BCUT2D eigenvalue weighted by molar-refractivity contribution is -0.124. The van der Waals surface area contributed by atoms with Crippen LogP contribution in [0.4, 0.5) is 0 Å². The molecule has 0 heterocycles. The number of thiocarbonyl (C=S) groups is 1. The van der Waals surface area contributed by atoms with E-state index in [0.29, 0.717) is 5.75 Å². The van der Waals surface area contributed by atoms with E-state index in [0.717, 1.165) is 10.0 Å². The van der Waals surface area contributed by atoms with Crippen LogP contribution in [0.1, 0.15) is 12.5 Å². The van der Waals surface area contributed by atoms with Crippen LogP contribution in [0, 0.1) is 6.92 Å². The second-order valence-electron chi connectivity index (χ2n) is 3.91. The molecule has 0 atom stereocenters. The van der Waals surface area contributed by atoms with Gasteiger partial charge in [-0.05, 0) is 52.8 Å². The standard InChI is InChI=1S/C12H14BrN3O3S/c1-7-3-4-10(9(13)5-7)19-6-11(18)15-16-12(20)14-8(2)17/h3-5H,6H2,1-2H3,(H,15,18)(H2,14,16,17,20). The Morgan fingerprint density at radius 3 is 2.65 bits per heavy atom. The predicted octanol–water partition coefficient (Wildman–Crippen LogP) is 1.18. The molecule has 0 aliphatic heterocycles. The van der Waals surface area contributed by atoms with E-state index in [1.54, 1.807) is 6.07 Å². The predicted molar refractivity (Wildman–Crippen MR) is 82.1 cm³/mol. The topological polar surface area (TPSA) is 79.5 Å². The quantitative estimate of drug-likeness (QED) is 0.557. The fourth-order valence-corrected chi connectivity index (χ4v) is 2.02. The fraction of sp³-hybridized carbons (Fsp3) is 0.250. The minimum atomic E-state index is -0.426. The number of halogens is 1. The van der Waals surface area contributed by atoms with E-state index in [2.05, 4.69) is 32.1 Å². The summed E-state index contributed by atoms with van der Waals surface area (Å²) in [5.74, 6) is -0.183. The molecule has 6 nitrogen and oxygen atoms in total. The molecule has 0 fully saturated rings. The smallest absolute Gasteiger partial charge is 0.276 e. The van der Waals surface area contributed by atoms with Gasteiger partial charge in [0, 0.05) is 6.92 Å². The molecule has 1 aromatic carbocycles. The van der Waals surface area contributed by atoms with Crippen molar-refractivity contribution in [3.8, 4) is 5.75 Å². The van der Waals surface area contributed by atoms with Crippen molar-refractivity contribution >= 4 is 45.1 Å². The van der Waals surface area contributed by atoms with Crippen molar-refractivity contribution in [2.75, 3.05) is 6.61 Å². The first-order valence-corrected chi connectivity index (χ1v) is 6.84. The van der Waals surface area contributed by atoms with Crippen LogP contribution in [0.5, 0.6) is 5.75 Å². The molecule has 3 N–H and O–H groups in total. The highest BCUT2D eigenvalue weighted by Gasteiger charge is 2.06. The zero-order chi connectivity index (χ0) is 15.1. The maximum atomic E-state index is 11.5. The van der Waals surface area contributed by atoms with Crippen LogP contribution in [-0.4, -0.2) is 23.5 Å². The number of hydrogen-bond acceptors (Lipinski definition) is 4. The van der Waals surface area contributed by atoms with E-state index in [9.17, 15) is 9.59 Å². The van der Waals surface area contributed by atoms with E-state index in [4.69, 9.17) is 17.0 Å². The second kappa shape index (κ2) is 7.81. The van der Waals surface area contributed by atoms with Crippen molar-refractivity contribution in [1.82, 2.24) is 16.2 Å². The van der Waals surface area contributed by atoms with Crippen LogP contribution in [0.2, 0.25) is 0 Å². The molecule has 0 aromatic heterocycles. The third kappa shape index (κ3) is 5.98. The van der Waals surface area contributed by atoms with Gasteiger partial charge in [-0.3, -0.25) is 20.4 Å². The Hall–Kier alpha value is -1.67. The number of benzene rings is 1. The number of hydrazine groups is 1. The Kier molecular flexibility index (Phi) is 6.40. The number of carbonyl (C=O) groups excluding carboxylic acids is 2. The van der Waals surface area contributed by atoms with E-state index < -0.39 is 5.91 Å². The minimum absolute atomic E-state index is 0.0161.